The van der Waals surface area contributed by atoms with Gasteiger partial charge in [-0.05, 0) is 43.4 Å². The van der Waals surface area contributed by atoms with Crippen molar-refractivity contribution in [1.82, 2.24) is 9.55 Å². The van der Waals surface area contributed by atoms with Crippen LogP contribution in [0.4, 0.5) is 11.4 Å². The third-order valence-corrected chi connectivity index (χ3v) is 7.15. The van der Waals surface area contributed by atoms with Gasteiger partial charge >= 0.3 is 0 Å². The van der Waals surface area contributed by atoms with E-state index < -0.39 is 4.92 Å². The highest BCUT2D eigenvalue weighted by molar-refractivity contribution is 7.99. The highest BCUT2D eigenvalue weighted by Crippen LogP contribution is 2.35. The molecule has 8 nitrogen and oxygen atoms in total. The van der Waals surface area contributed by atoms with E-state index in [1.165, 1.54) is 39.4 Å². The van der Waals surface area contributed by atoms with E-state index in [1.807, 2.05) is 0 Å². The van der Waals surface area contributed by atoms with Crippen molar-refractivity contribution in [3.05, 3.63) is 54.7 Å². The number of nitrogens with one attached hydrogen (secondary N) is 1. The second-order valence-corrected chi connectivity index (χ2v) is 8.92. The van der Waals surface area contributed by atoms with Gasteiger partial charge in [-0.2, -0.15) is 0 Å². The lowest BCUT2D eigenvalue weighted by atomic mass is 10.2. The highest BCUT2D eigenvalue weighted by Gasteiger charge is 2.22. The Bertz CT molecular complexity index is 1220. The minimum absolute atomic E-state index is 0.0229. The third-order valence-electron chi connectivity index (χ3n) is 4.93. The molecule has 2 heterocycles. The fraction of sp³-hybridized carbons (Fsp3) is 0.316. The molecule has 1 N–H and O–H groups in total. The quantitative estimate of drug-likeness (QED) is 0.288. The van der Waals surface area contributed by atoms with Crippen LogP contribution in [-0.4, -0.2) is 26.1 Å². The van der Waals surface area contributed by atoms with Crippen molar-refractivity contribution in [2.45, 2.75) is 31.3 Å². The molecular formula is C19H18N4O4S2. The maximum atomic E-state index is 12.8. The molecular weight excluding hydrogens is 412 g/mol. The number of nitrogens with zero attached hydrogens (tertiary/aromatic N) is 3. The summed E-state index contributed by atoms with van der Waals surface area (Å²) in [5, 5.41) is 14.8. The molecule has 0 fully saturated rings. The van der Waals surface area contributed by atoms with Crippen molar-refractivity contribution in [2.24, 2.45) is 7.05 Å². The van der Waals surface area contributed by atoms with E-state index in [1.54, 1.807) is 25.3 Å². The summed E-state index contributed by atoms with van der Waals surface area (Å²) in [5.74, 6) is -0.192. The summed E-state index contributed by atoms with van der Waals surface area (Å²) in [6.45, 7) is 1.70. The molecule has 0 saturated heterocycles. The molecule has 4 rings (SSSR count). The van der Waals surface area contributed by atoms with Crippen LogP contribution >= 0.6 is 23.1 Å². The zero-order valence-electron chi connectivity index (χ0n) is 15.9. The first kappa shape index (κ1) is 19.6. The van der Waals surface area contributed by atoms with Gasteiger partial charge in [0.25, 0.3) is 11.2 Å². The number of anilines is 1. The van der Waals surface area contributed by atoms with Gasteiger partial charge in [0.1, 0.15) is 4.83 Å². The first-order valence-corrected chi connectivity index (χ1v) is 10.8. The van der Waals surface area contributed by atoms with Crippen LogP contribution in [0.2, 0.25) is 0 Å². The van der Waals surface area contributed by atoms with Crippen molar-refractivity contribution in [3.63, 3.8) is 0 Å². The second-order valence-electron chi connectivity index (χ2n) is 6.89. The molecule has 0 unspecified atom stereocenters. The topological polar surface area (TPSA) is 107 Å². The summed E-state index contributed by atoms with van der Waals surface area (Å²) in [5.41, 5.74) is 2.18. The lowest BCUT2D eigenvalue weighted by Gasteiger charge is -2.09. The fourth-order valence-corrected chi connectivity index (χ4v) is 5.53. The maximum absolute atomic E-state index is 12.8. The number of thioether (sulfide) groups is 1. The largest absolute Gasteiger partial charge is 0.325 e. The molecule has 0 atom stereocenters. The van der Waals surface area contributed by atoms with E-state index in [0.29, 0.717) is 16.4 Å². The lowest BCUT2D eigenvalue weighted by molar-refractivity contribution is -0.384. The number of aromatic nitrogens is 2. The number of carbonyl (C=O) groups excluding carboxylic acids is 1. The number of nitro groups is 1. The monoisotopic (exact) mass is 430 g/mol. The Morgan fingerprint density at radius 3 is 2.93 bits per heavy atom. The number of carbonyl (C=O) groups is 1. The van der Waals surface area contributed by atoms with E-state index in [2.05, 4.69) is 10.3 Å². The average molecular weight is 431 g/mol. The molecule has 0 saturated carbocycles. The van der Waals surface area contributed by atoms with Crippen LogP contribution in [0.25, 0.3) is 10.2 Å². The molecule has 0 spiro atoms. The Balaban J connectivity index is 1.50. The van der Waals surface area contributed by atoms with Crippen LogP contribution in [0, 0.1) is 17.0 Å². The maximum Gasteiger partial charge on any atom is 0.269 e. The number of fused-ring (bicyclic) bond motifs is 3. The SMILES string of the molecule is Cc1cc([N+](=O)[O-])ccc1NC(=O)CSc1nc2sc3c(c2c(=O)n1C)CCC3. The van der Waals surface area contributed by atoms with E-state index in [0.717, 1.165) is 35.0 Å². The van der Waals surface area contributed by atoms with Gasteiger partial charge in [-0.15, -0.1) is 11.3 Å². The Kier molecular flexibility index (Phi) is 5.13. The van der Waals surface area contributed by atoms with Crippen LogP contribution in [0.3, 0.4) is 0 Å². The number of nitro benzene ring substituents is 1. The third kappa shape index (κ3) is 3.65. The molecule has 1 aliphatic carbocycles. The Hall–Kier alpha value is -2.72. The number of hydrogen-bond donors (Lipinski definition) is 1. The number of aryl methyl sites for hydroxylation is 3. The van der Waals surface area contributed by atoms with Crippen molar-refractivity contribution in [2.75, 3.05) is 11.1 Å². The molecule has 1 aliphatic rings. The van der Waals surface area contributed by atoms with Gasteiger partial charge in [0.05, 0.1) is 16.1 Å². The normalized spacial score (nSPS) is 12.9. The first-order chi connectivity index (χ1) is 13.8. The molecule has 1 aromatic carbocycles. The van der Waals surface area contributed by atoms with Crippen molar-refractivity contribution in [3.8, 4) is 0 Å². The molecule has 0 bridgehead atoms. The zero-order chi connectivity index (χ0) is 20.7. The lowest BCUT2D eigenvalue weighted by Crippen LogP contribution is -2.21. The zero-order valence-corrected chi connectivity index (χ0v) is 17.5. The van der Waals surface area contributed by atoms with Crippen LogP contribution in [0.5, 0.6) is 0 Å². The van der Waals surface area contributed by atoms with E-state index in [-0.39, 0.29) is 22.9 Å². The highest BCUT2D eigenvalue weighted by atomic mass is 32.2. The molecule has 1 amide bonds. The van der Waals surface area contributed by atoms with Gasteiger partial charge in [0.2, 0.25) is 5.91 Å². The summed E-state index contributed by atoms with van der Waals surface area (Å²) < 4.78 is 1.50. The van der Waals surface area contributed by atoms with Gasteiger partial charge < -0.3 is 5.32 Å². The average Bonchev–Trinajstić information content (AvgIpc) is 3.25. The molecule has 3 aromatic rings. The molecule has 2 aromatic heterocycles. The standard InChI is InChI=1S/C19H18N4O4S2/c1-10-8-11(23(26)27)6-7-13(10)20-15(24)9-28-19-21-17-16(18(25)22(19)2)12-4-3-5-14(12)29-17/h6-8H,3-5,9H2,1-2H3,(H,20,24). The molecule has 150 valence electrons. The van der Waals surface area contributed by atoms with Crippen molar-refractivity contribution < 1.29 is 9.72 Å². The Morgan fingerprint density at radius 2 is 2.21 bits per heavy atom. The van der Waals surface area contributed by atoms with Gasteiger partial charge in [-0.25, -0.2) is 4.98 Å². The van der Waals surface area contributed by atoms with Gasteiger partial charge in [-0.1, -0.05) is 11.8 Å². The Labute approximate surface area is 174 Å². The summed E-state index contributed by atoms with van der Waals surface area (Å²) in [4.78, 5) is 42.1. The van der Waals surface area contributed by atoms with Gasteiger partial charge in [0, 0.05) is 29.7 Å². The fourth-order valence-electron chi connectivity index (χ4n) is 3.45. The number of non-ortho nitro benzene ring substituents is 1. The van der Waals surface area contributed by atoms with Crippen molar-refractivity contribution in [1.29, 1.82) is 0 Å². The van der Waals surface area contributed by atoms with Gasteiger partial charge in [0.15, 0.2) is 5.16 Å². The van der Waals surface area contributed by atoms with E-state index >= 15 is 0 Å². The molecule has 0 radical (unpaired) electrons. The van der Waals surface area contributed by atoms with E-state index in [9.17, 15) is 19.7 Å². The van der Waals surface area contributed by atoms with Crippen LogP contribution in [0.15, 0.2) is 28.2 Å². The van der Waals surface area contributed by atoms with Crippen LogP contribution in [-0.2, 0) is 24.7 Å². The summed E-state index contributed by atoms with van der Waals surface area (Å²) >= 11 is 2.77. The smallest absolute Gasteiger partial charge is 0.269 e. The number of benzene rings is 1. The predicted molar refractivity (Wildman–Crippen MR) is 114 cm³/mol. The van der Waals surface area contributed by atoms with Crippen LogP contribution in [0.1, 0.15) is 22.4 Å². The van der Waals surface area contributed by atoms with Crippen LogP contribution < -0.4 is 10.9 Å². The first-order valence-electron chi connectivity index (χ1n) is 9.04. The van der Waals surface area contributed by atoms with Crippen molar-refractivity contribution >= 4 is 50.6 Å². The summed E-state index contributed by atoms with van der Waals surface area (Å²) in [7, 11) is 1.68. The minimum Gasteiger partial charge on any atom is -0.325 e. The van der Waals surface area contributed by atoms with Gasteiger partial charge in [-0.3, -0.25) is 24.3 Å². The summed E-state index contributed by atoms with van der Waals surface area (Å²) in [6, 6.07) is 4.28. The number of amides is 1. The number of rotatable bonds is 5. The van der Waals surface area contributed by atoms with E-state index in [4.69, 9.17) is 0 Å². The Morgan fingerprint density at radius 1 is 1.41 bits per heavy atom. The number of hydrogen-bond acceptors (Lipinski definition) is 7. The predicted octanol–water partition coefficient (Wildman–Crippen LogP) is 3.43. The molecule has 10 heteroatoms. The second kappa shape index (κ2) is 7.60. The number of thiophene rings is 1. The minimum atomic E-state index is -0.475. The molecule has 0 aliphatic heterocycles. The summed E-state index contributed by atoms with van der Waals surface area (Å²) in [6.07, 6.45) is 3.01. The molecule has 29 heavy (non-hydrogen) atoms.